The number of benzene rings is 2. The van der Waals surface area contributed by atoms with Crippen molar-refractivity contribution in [3.8, 4) is 11.5 Å². The first-order valence-electron chi connectivity index (χ1n) is 8.16. The number of methoxy groups -OCH3 is 1. The second kappa shape index (κ2) is 10.3. The fourth-order valence-corrected chi connectivity index (χ4v) is 3.14. The minimum absolute atomic E-state index is 0.485. The summed E-state index contributed by atoms with van der Waals surface area (Å²) in [4.78, 5) is 0. The van der Waals surface area contributed by atoms with Crippen LogP contribution in [0, 0.1) is 10.5 Å². The molecule has 0 radical (unpaired) electrons. The normalized spacial score (nSPS) is 10.6. The maximum absolute atomic E-state index is 5.99. The highest BCUT2D eigenvalue weighted by molar-refractivity contribution is 14.1. The lowest BCUT2D eigenvalue weighted by atomic mass is 10.2. The third-order valence-electron chi connectivity index (χ3n) is 3.47. The van der Waals surface area contributed by atoms with E-state index in [4.69, 9.17) is 21.7 Å². The van der Waals surface area contributed by atoms with E-state index in [2.05, 4.69) is 69.6 Å². The molecule has 26 heavy (non-hydrogen) atoms. The molecule has 0 amide bonds. The first-order chi connectivity index (χ1) is 12.5. The van der Waals surface area contributed by atoms with Crippen LogP contribution in [0.3, 0.4) is 0 Å². The van der Waals surface area contributed by atoms with Gasteiger partial charge in [0.15, 0.2) is 16.6 Å². The molecule has 7 heteroatoms. The van der Waals surface area contributed by atoms with Crippen LogP contribution in [-0.2, 0) is 6.61 Å². The summed E-state index contributed by atoms with van der Waals surface area (Å²) < 4.78 is 12.4. The van der Waals surface area contributed by atoms with E-state index in [0.717, 1.165) is 27.0 Å². The maximum Gasteiger partial charge on any atom is 0.186 e. The molecule has 0 atom stereocenters. The summed E-state index contributed by atoms with van der Waals surface area (Å²) in [5.41, 5.74) is 6.00. The van der Waals surface area contributed by atoms with E-state index >= 15 is 0 Å². The molecular formula is C19H22IN3O2S. The molecule has 0 heterocycles. The SMILES string of the molecule is CCNC(=S)N/N=C/c1cc(I)c(OCc2ccc(C)cc2)c(OC)c1. The van der Waals surface area contributed by atoms with Gasteiger partial charge in [-0.3, -0.25) is 5.43 Å². The number of nitrogens with zero attached hydrogens (tertiary/aromatic N) is 1. The minimum atomic E-state index is 0.485. The molecule has 5 nitrogen and oxygen atoms in total. The molecule has 0 aromatic heterocycles. The predicted molar refractivity (Wildman–Crippen MR) is 118 cm³/mol. The van der Waals surface area contributed by atoms with Gasteiger partial charge in [0.05, 0.1) is 16.9 Å². The van der Waals surface area contributed by atoms with Gasteiger partial charge in [-0.15, -0.1) is 0 Å². The van der Waals surface area contributed by atoms with E-state index in [0.29, 0.717) is 17.5 Å². The van der Waals surface area contributed by atoms with Crippen LogP contribution in [0.1, 0.15) is 23.6 Å². The molecule has 0 bridgehead atoms. The van der Waals surface area contributed by atoms with Gasteiger partial charge in [0.25, 0.3) is 0 Å². The Balaban J connectivity index is 2.09. The van der Waals surface area contributed by atoms with Crippen molar-refractivity contribution in [3.63, 3.8) is 0 Å². The molecule has 0 aliphatic carbocycles. The third kappa shape index (κ3) is 6.14. The van der Waals surface area contributed by atoms with Crippen LogP contribution >= 0.6 is 34.8 Å². The lowest BCUT2D eigenvalue weighted by molar-refractivity contribution is 0.282. The van der Waals surface area contributed by atoms with E-state index in [9.17, 15) is 0 Å². The highest BCUT2D eigenvalue weighted by Gasteiger charge is 2.11. The summed E-state index contributed by atoms with van der Waals surface area (Å²) in [7, 11) is 1.63. The number of hydrogen-bond donors (Lipinski definition) is 2. The number of hydrogen-bond acceptors (Lipinski definition) is 4. The zero-order valence-electron chi connectivity index (χ0n) is 15.0. The summed E-state index contributed by atoms with van der Waals surface area (Å²) in [6.07, 6.45) is 1.69. The van der Waals surface area contributed by atoms with Crippen molar-refractivity contribution in [2.24, 2.45) is 5.10 Å². The van der Waals surface area contributed by atoms with Gasteiger partial charge in [0.2, 0.25) is 0 Å². The molecule has 2 aromatic rings. The topological polar surface area (TPSA) is 54.9 Å². The van der Waals surface area contributed by atoms with Crippen LogP contribution in [-0.4, -0.2) is 25.0 Å². The summed E-state index contributed by atoms with van der Waals surface area (Å²) >= 11 is 7.31. The number of thiocarbonyl (C=S) groups is 1. The van der Waals surface area contributed by atoms with Crippen LogP contribution in [0.5, 0.6) is 11.5 Å². The Kier molecular flexibility index (Phi) is 8.11. The largest absolute Gasteiger partial charge is 0.493 e. The molecular weight excluding hydrogens is 461 g/mol. The minimum Gasteiger partial charge on any atom is -0.493 e. The first kappa shape index (κ1) is 20.4. The number of hydrazone groups is 1. The summed E-state index contributed by atoms with van der Waals surface area (Å²) in [5, 5.41) is 7.59. The molecule has 0 aliphatic heterocycles. The van der Waals surface area contributed by atoms with E-state index in [-0.39, 0.29) is 0 Å². The highest BCUT2D eigenvalue weighted by atomic mass is 127. The molecule has 0 saturated carbocycles. The average Bonchev–Trinajstić information content (AvgIpc) is 2.62. The van der Waals surface area contributed by atoms with Crippen LogP contribution in [0.25, 0.3) is 0 Å². The molecule has 2 aromatic carbocycles. The zero-order valence-corrected chi connectivity index (χ0v) is 18.0. The Morgan fingerprint density at radius 3 is 2.65 bits per heavy atom. The third-order valence-corrected chi connectivity index (χ3v) is 4.51. The smallest absolute Gasteiger partial charge is 0.186 e. The first-order valence-corrected chi connectivity index (χ1v) is 9.65. The van der Waals surface area contributed by atoms with Gasteiger partial charge in [-0.1, -0.05) is 29.8 Å². The second-order valence-electron chi connectivity index (χ2n) is 5.54. The Bertz CT molecular complexity index is 779. The van der Waals surface area contributed by atoms with E-state index < -0.39 is 0 Å². The zero-order chi connectivity index (χ0) is 18.9. The maximum atomic E-state index is 5.99. The Morgan fingerprint density at radius 1 is 1.27 bits per heavy atom. The molecule has 138 valence electrons. The van der Waals surface area contributed by atoms with Crippen LogP contribution < -0.4 is 20.2 Å². The monoisotopic (exact) mass is 483 g/mol. The van der Waals surface area contributed by atoms with Crippen molar-refractivity contribution in [1.29, 1.82) is 0 Å². The van der Waals surface area contributed by atoms with Gasteiger partial charge in [0, 0.05) is 6.54 Å². The van der Waals surface area contributed by atoms with Crippen LogP contribution in [0.4, 0.5) is 0 Å². The van der Waals surface area contributed by atoms with E-state index in [1.54, 1.807) is 13.3 Å². The molecule has 0 aliphatic rings. The number of nitrogens with one attached hydrogen (secondary N) is 2. The number of ether oxygens (including phenoxy) is 2. The number of aryl methyl sites for hydroxylation is 1. The van der Waals surface area contributed by atoms with Crippen molar-refractivity contribution < 1.29 is 9.47 Å². The van der Waals surface area contributed by atoms with Gasteiger partial charge < -0.3 is 14.8 Å². The van der Waals surface area contributed by atoms with E-state index in [1.165, 1.54) is 5.56 Å². The Hall–Kier alpha value is -1.87. The quantitative estimate of drug-likeness (QED) is 0.270. The fraction of sp³-hybridized carbons (Fsp3) is 0.263. The number of halogens is 1. The predicted octanol–water partition coefficient (Wildman–Crippen LogP) is 4.01. The van der Waals surface area contributed by atoms with Gasteiger partial charge in [-0.05, 0) is 71.9 Å². The van der Waals surface area contributed by atoms with Gasteiger partial charge in [-0.25, -0.2) is 0 Å². The molecule has 2 N–H and O–H groups in total. The Labute approximate surface area is 173 Å². The van der Waals surface area contributed by atoms with Gasteiger partial charge in [0.1, 0.15) is 6.61 Å². The van der Waals surface area contributed by atoms with Crippen LogP contribution in [0.2, 0.25) is 0 Å². The van der Waals surface area contributed by atoms with Crippen molar-refractivity contribution in [3.05, 3.63) is 56.7 Å². The van der Waals surface area contributed by atoms with Crippen molar-refractivity contribution in [1.82, 2.24) is 10.7 Å². The Morgan fingerprint density at radius 2 is 2.00 bits per heavy atom. The van der Waals surface area contributed by atoms with Crippen molar-refractivity contribution in [2.45, 2.75) is 20.5 Å². The molecule has 0 spiro atoms. The van der Waals surface area contributed by atoms with Crippen LogP contribution in [0.15, 0.2) is 41.5 Å². The van der Waals surface area contributed by atoms with Crippen molar-refractivity contribution >= 4 is 46.1 Å². The molecule has 0 fully saturated rings. The summed E-state index contributed by atoms with van der Waals surface area (Å²) in [6, 6.07) is 12.1. The lowest BCUT2D eigenvalue weighted by Crippen LogP contribution is -2.31. The highest BCUT2D eigenvalue weighted by Crippen LogP contribution is 2.34. The van der Waals surface area contributed by atoms with Gasteiger partial charge >= 0.3 is 0 Å². The summed E-state index contributed by atoms with van der Waals surface area (Å²) in [6.45, 7) is 5.27. The average molecular weight is 483 g/mol. The fourth-order valence-electron chi connectivity index (χ4n) is 2.16. The second-order valence-corrected chi connectivity index (χ2v) is 7.11. The van der Waals surface area contributed by atoms with Crippen molar-refractivity contribution in [2.75, 3.05) is 13.7 Å². The standard InChI is InChI=1S/C19H22IN3O2S/c1-4-21-19(26)23-22-11-15-9-16(20)18(17(10-15)24-3)25-12-14-7-5-13(2)6-8-14/h5-11H,4,12H2,1-3H3,(H2,21,23,26)/b22-11+. The number of rotatable bonds is 7. The molecule has 0 saturated heterocycles. The lowest BCUT2D eigenvalue weighted by Gasteiger charge is -2.13. The molecule has 2 rings (SSSR count). The van der Waals surface area contributed by atoms with E-state index in [1.807, 2.05) is 19.1 Å². The summed E-state index contributed by atoms with van der Waals surface area (Å²) in [5.74, 6) is 1.39. The van der Waals surface area contributed by atoms with Gasteiger partial charge in [-0.2, -0.15) is 5.10 Å². The molecule has 0 unspecified atom stereocenters.